The lowest BCUT2D eigenvalue weighted by Crippen LogP contribution is -2.33. The lowest BCUT2D eigenvalue weighted by atomic mass is 10.3. The maximum absolute atomic E-state index is 13.6. The van der Waals surface area contributed by atoms with Crippen molar-refractivity contribution in [1.82, 2.24) is 5.32 Å². The summed E-state index contributed by atoms with van der Waals surface area (Å²) in [7, 11) is -1.87. The Kier molecular flexibility index (Phi) is 5.56. The van der Waals surface area contributed by atoms with Gasteiger partial charge < -0.3 is 10.1 Å². The van der Waals surface area contributed by atoms with Crippen LogP contribution in [-0.4, -0.2) is 33.9 Å². The van der Waals surface area contributed by atoms with E-state index in [9.17, 15) is 12.8 Å². The summed E-state index contributed by atoms with van der Waals surface area (Å²) in [6.45, 7) is 3.98. The Morgan fingerprint density at radius 3 is 2.63 bits per heavy atom. The lowest BCUT2D eigenvalue weighted by molar-refractivity contribution is 0.321. The van der Waals surface area contributed by atoms with Crippen LogP contribution in [0.3, 0.4) is 0 Å². The Morgan fingerprint density at radius 2 is 2.11 bits per heavy atom. The number of benzene rings is 1. The molecule has 0 bridgehead atoms. The molecule has 0 saturated heterocycles. The molecule has 5 nitrogen and oxygen atoms in total. The molecule has 0 heterocycles. The summed E-state index contributed by atoms with van der Waals surface area (Å²) in [6, 6.07) is 3.98. The molecule has 0 radical (unpaired) electrons. The molecule has 1 aromatic rings. The van der Waals surface area contributed by atoms with E-state index < -0.39 is 21.1 Å². The highest BCUT2D eigenvalue weighted by atomic mass is 32.2. The Labute approximate surface area is 113 Å². The van der Waals surface area contributed by atoms with Crippen LogP contribution in [0.2, 0.25) is 0 Å². The van der Waals surface area contributed by atoms with Crippen LogP contribution in [0.4, 0.5) is 10.1 Å². The van der Waals surface area contributed by atoms with E-state index in [-0.39, 0.29) is 11.4 Å². The summed E-state index contributed by atoms with van der Waals surface area (Å²) in [5.74, 6) is -0.489. The summed E-state index contributed by atoms with van der Waals surface area (Å²) in [5, 5.41) is 2.16. The van der Waals surface area contributed by atoms with Crippen molar-refractivity contribution in [2.24, 2.45) is 0 Å². The molecular formula is C12H19FN2O3S. The number of anilines is 1. The zero-order chi connectivity index (χ0) is 14.5. The third kappa shape index (κ3) is 4.36. The molecule has 0 aliphatic rings. The number of halogens is 1. The van der Waals surface area contributed by atoms with E-state index in [2.05, 4.69) is 10.0 Å². The van der Waals surface area contributed by atoms with Crippen LogP contribution in [0.5, 0.6) is 5.75 Å². The van der Waals surface area contributed by atoms with E-state index in [1.807, 2.05) is 0 Å². The van der Waals surface area contributed by atoms with Gasteiger partial charge in [-0.2, -0.15) is 0 Å². The predicted molar refractivity (Wildman–Crippen MR) is 73.5 cm³/mol. The van der Waals surface area contributed by atoms with Gasteiger partial charge in [-0.1, -0.05) is 0 Å². The predicted octanol–water partition coefficient (Wildman–Crippen LogP) is 1.57. The monoisotopic (exact) mass is 290 g/mol. The van der Waals surface area contributed by atoms with Crippen molar-refractivity contribution in [3.8, 4) is 5.75 Å². The van der Waals surface area contributed by atoms with Gasteiger partial charge in [0, 0.05) is 12.6 Å². The Balaban J connectivity index is 2.85. The van der Waals surface area contributed by atoms with E-state index in [0.29, 0.717) is 13.2 Å². The highest BCUT2D eigenvalue weighted by Gasteiger charge is 2.20. The van der Waals surface area contributed by atoms with Crippen LogP contribution in [0, 0.1) is 5.82 Å². The fraction of sp³-hybridized carbons (Fsp3) is 0.500. The fourth-order valence-electron chi connectivity index (χ4n) is 1.50. The van der Waals surface area contributed by atoms with Gasteiger partial charge in [0.05, 0.1) is 17.5 Å². The minimum absolute atomic E-state index is 0.105. The van der Waals surface area contributed by atoms with Crippen molar-refractivity contribution in [1.29, 1.82) is 0 Å². The van der Waals surface area contributed by atoms with Gasteiger partial charge in [-0.15, -0.1) is 0 Å². The molecule has 1 atom stereocenters. The highest BCUT2D eigenvalue weighted by molar-refractivity contribution is 7.93. The van der Waals surface area contributed by atoms with E-state index in [0.717, 1.165) is 6.07 Å². The van der Waals surface area contributed by atoms with Gasteiger partial charge in [0.25, 0.3) is 0 Å². The Bertz CT molecular complexity index is 520. The molecule has 0 spiro atoms. The topological polar surface area (TPSA) is 67.4 Å². The van der Waals surface area contributed by atoms with Gasteiger partial charge in [-0.3, -0.25) is 4.72 Å². The largest absolute Gasteiger partial charge is 0.491 e. The lowest BCUT2D eigenvalue weighted by Gasteiger charge is -2.15. The minimum Gasteiger partial charge on any atom is -0.491 e. The van der Waals surface area contributed by atoms with Crippen LogP contribution in [0.15, 0.2) is 18.2 Å². The average molecular weight is 290 g/mol. The van der Waals surface area contributed by atoms with Crippen LogP contribution >= 0.6 is 0 Å². The molecule has 108 valence electrons. The number of sulfonamides is 1. The van der Waals surface area contributed by atoms with E-state index in [1.165, 1.54) is 12.1 Å². The summed E-state index contributed by atoms with van der Waals surface area (Å²) in [6.07, 6.45) is 0. The number of rotatable bonds is 7. The smallest absolute Gasteiger partial charge is 0.236 e. The van der Waals surface area contributed by atoms with Crippen molar-refractivity contribution in [2.75, 3.05) is 24.9 Å². The average Bonchev–Trinajstić information content (AvgIpc) is 2.32. The first-order valence-electron chi connectivity index (χ1n) is 5.99. The molecule has 1 rings (SSSR count). The number of hydrogen-bond donors (Lipinski definition) is 2. The molecule has 1 unspecified atom stereocenters. The van der Waals surface area contributed by atoms with Crippen LogP contribution in [0.1, 0.15) is 13.8 Å². The van der Waals surface area contributed by atoms with Gasteiger partial charge >= 0.3 is 0 Å². The normalized spacial score (nSPS) is 13.1. The molecule has 0 fully saturated rings. The molecule has 7 heteroatoms. The second-order valence-electron chi connectivity index (χ2n) is 4.09. The first-order valence-corrected chi connectivity index (χ1v) is 7.54. The Hall–Kier alpha value is -1.34. The van der Waals surface area contributed by atoms with Gasteiger partial charge in [0.15, 0.2) is 11.6 Å². The summed E-state index contributed by atoms with van der Waals surface area (Å²) in [4.78, 5) is 0. The van der Waals surface area contributed by atoms with Crippen LogP contribution < -0.4 is 14.8 Å². The van der Waals surface area contributed by atoms with Gasteiger partial charge in [-0.25, -0.2) is 12.8 Å². The van der Waals surface area contributed by atoms with E-state index in [4.69, 9.17) is 4.74 Å². The molecule has 0 aliphatic carbocycles. The molecule has 0 aromatic heterocycles. The van der Waals surface area contributed by atoms with Crippen molar-refractivity contribution >= 4 is 15.7 Å². The van der Waals surface area contributed by atoms with Crippen molar-refractivity contribution in [3.63, 3.8) is 0 Å². The zero-order valence-corrected chi connectivity index (χ0v) is 12.1. The first kappa shape index (κ1) is 15.7. The standard InChI is InChI=1S/C12H19FN2O3S/c1-4-18-12-6-5-10(7-11(12)13)15-19(16,17)9(2)8-14-3/h5-7,9,14-15H,4,8H2,1-3H3. The maximum atomic E-state index is 13.6. The summed E-state index contributed by atoms with van der Waals surface area (Å²) < 4.78 is 44.8. The molecule has 0 saturated carbocycles. The van der Waals surface area contributed by atoms with Crippen LogP contribution in [0.25, 0.3) is 0 Å². The quantitative estimate of drug-likeness (QED) is 0.800. The number of nitrogens with one attached hydrogen (secondary N) is 2. The summed E-state index contributed by atoms with van der Waals surface area (Å²) in [5.41, 5.74) is 0.184. The first-order chi connectivity index (χ1) is 8.90. The van der Waals surface area contributed by atoms with Crippen molar-refractivity contribution < 1.29 is 17.5 Å². The number of ether oxygens (including phenoxy) is 1. The second kappa shape index (κ2) is 6.72. The molecular weight excluding hydrogens is 271 g/mol. The molecule has 2 N–H and O–H groups in total. The molecule has 19 heavy (non-hydrogen) atoms. The Morgan fingerprint density at radius 1 is 1.42 bits per heavy atom. The SMILES string of the molecule is CCOc1ccc(NS(=O)(=O)C(C)CNC)cc1F. The van der Waals surface area contributed by atoms with Crippen molar-refractivity contribution in [3.05, 3.63) is 24.0 Å². The molecule has 0 amide bonds. The van der Waals surface area contributed by atoms with Gasteiger partial charge in [0.2, 0.25) is 10.0 Å². The zero-order valence-electron chi connectivity index (χ0n) is 11.2. The second-order valence-corrected chi connectivity index (χ2v) is 6.19. The van der Waals surface area contributed by atoms with Gasteiger partial charge in [-0.05, 0) is 33.0 Å². The molecule has 1 aromatic carbocycles. The number of hydrogen-bond acceptors (Lipinski definition) is 4. The van der Waals surface area contributed by atoms with Crippen molar-refractivity contribution in [2.45, 2.75) is 19.1 Å². The molecule has 0 aliphatic heterocycles. The fourth-order valence-corrected chi connectivity index (χ4v) is 2.54. The minimum atomic E-state index is -3.54. The third-order valence-electron chi connectivity index (χ3n) is 2.51. The van der Waals surface area contributed by atoms with E-state index in [1.54, 1.807) is 20.9 Å². The summed E-state index contributed by atoms with van der Waals surface area (Å²) >= 11 is 0. The van der Waals surface area contributed by atoms with E-state index >= 15 is 0 Å². The van der Waals surface area contributed by atoms with Gasteiger partial charge in [0.1, 0.15) is 0 Å². The van der Waals surface area contributed by atoms with Crippen LogP contribution in [-0.2, 0) is 10.0 Å². The third-order valence-corrected chi connectivity index (χ3v) is 4.26. The maximum Gasteiger partial charge on any atom is 0.236 e. The highest BCUT2D eigenvalue weighted by Crippen LogP contribution is 2.22.